The Kier molecular flexibility index (Phi) is 6.63. The first-order chi connectivity index (χ1) is 13.8. The highest BCUT2D eigenvalue weighted by molar-refractivity contribution is 5.40. The summed E-state index contributed by atoms with van der Waals surface area (Å²) in [7, 11) is 0. The second kappa shape index (κ2) is 9.17. The summed E-state index contributed by atoms with van der Waals surface area (Å²) >= 11 is 0. The van der Waals surface area contributed by atoms with Gasteiger partial charge in [-0.15, -0.1) is 0 Å². The van der Waals surface area contributed by atoms with Gasteiger partial charge >= 0.3 is 0 Å². The summed E-state index contributed by atoms with van der Waals surface area (Å²) in [6.07, 6.45) is 7.57. The predicted molar refractivity (Wildman–Crippen MR) is 118 cm³/mol. The fraction of sp³-hybridized carbons (Fsp3) is 0.400. The Balaban J connectivity index is 1.68. The molecule has 0 radical (unpaired) electrons. The first-order valence-electron chi connectivity index (χ1n) is 10.3. The molecule has 0 bridgehead atoms. The van der Waals surface area contributed by atoms with Crippen molar-refractivity contribution in [3.05, 3.63) is 77.9 Å². The fourth-order valence-corrected chi connectivity index (χ4v) is 3.37. The van der Waals surface area contributed by atoms with Crippen LogP contribution in [0.15, 0.2) is 61.2 Å². The van der Waals surface area contributed by atoms with Gasteiger partial charge in [-0.2, -0.15) is 0 Å². The maximum absolute atomic E-state index is 6.49. The smallest absolute Gasteiger partial charge is 0.125 e. The van der Waals surface area contributed by atoms with Crippen LogP contribution in [0.25, 0.3) is 0 Å². The molecule has 4 heteroatoms. The lowest BCUT2D eigenvalue weighted by Gasteiger charge is -2.23. The molecule has 0 saturated heterocycles. The van der Waals surface area contributed by atoms with E-state index in [0.717, 1.165) is 30.9 Å². The summed E-state index contributed by atoms with van der Waals surface area (Å²) in [5, 5.41) is 0. The van der Waals surface area contributed by atoms with Crippen molar-refractivity contribution in [3.63, 3.8) is 0 Å². The van der Waals surface area contributed by atoms with Crippen molar-refractivity contribution in [3.8, 4) is 11.5 Å². The summed E-state index contributed by atoms with van der Waals surface area (Å²) in [6.45, 7) is 11.2. The first-order valence-corrected chi connectivity index (χ1v) is 10.3. The molecule has 0 fully saturated rings. The van der Waals surface area contributed by atoms with E-state index in [-0.39, 0.29) is 11.7 Å². The Morgan fingerprint density at radius 3 is 2.28 bits per heavy atom. The minimum absolute atomic E-state index is 0.0644. The van der Waals surface area contributed by atoms with E-state index in [2.05, 4.69) is 86.6 Å². The van der Waals surface area contributed by atoms with E-state index in [1.165, 1.54) is 16.7 Å². The van der Waals surface area contributed by atoms with Gasteiger partial charge in [0.25, 0.3) is 0 Å². The van der Waals surface area contributed by atoms with E-state index in [1.54, 1.807) is 0 Å². The van der Waals surface area contributed by atoms with Crippen molar-refractivity contribution >= 4 is 0 Å². The van der Waals surface area contributed by atoms with Crippen LogP contribution in [0.4, 0.5) is 0 Å². The van der Waals surface area contributed by atoms with Crippen LogP contribution in [0.2, 0.25) is 0 Å². The number of para-hydroxylation sites is 1. The van der Waals surface area contributed by atoms with Crippen molar-refractivity contribution in [2.24, 2.45) is 0 Å². The van der Waals surface area contributed by atoms with E-state index >= 15 is 0 Å². The zero-order valence-electron chi connectivity index (χ0n) is 18.2. The van der Waals surface area contributed by atoms with E-state index in [1.807, 2.05) is 18.7 Å². The van der Waals surface area contributed by atoms with Gasteiger partial charge < -0.3 is 14.0 Å². The third-order valence-corrected chi connectivity index (χ3v) is 4.77. The predicted octanol–water partition coefficient (Wildman–Crippen LogP) is 5.76. The second-order valence-corrected chi connectivity index (χ2v) is 8.62. The minimum Gasteiger partial charge on any atom is -0.488 e. The van der Waals surface area contributed by atoms with Crippen molar-refractivity contribution < 1.29 is 9.47 Å². The first kappa shape index (κ1) is 21.0. The maximum Gasteiger partial charge on any atom is 0.125 e. The molecule has 154 valence electrons. The number of ether oxygens (including phenoxy) is 2. The second-order valence-electron chi connectivity index (χ2n) is 8.62. The largest absolute Gasteiger partial charge is 0.488 e. The molecule has 1 aromatic heterocycles. The summed E-state index contributed by atoms with van der Waals surface area (Å²) < 4.78 is 14.5. The van der Waals surface area contributed by atoms with Crippen molar-refractivity contribution in [1.82, 2.24) is 9.55 Å². The van der Waals surface area contributed by atoms with Crippen LogP contribution in [0.5, 0.6) is 11.5 Å². The maximum atomic E-state index is 6.49. The summed E-state index contributed by atoms with van der Waals surface area (Å²) in [4.78, 5) is 4.17. The van der Waals surface area contributed by atoms with Gasteiger partial charge in [-0.3, -0.25) is 0 Å². The molecule has 0 spiro atoms. The highest BCUT2D eigenvalue weighted by Crippen LogP contribution is 2.26. The Hall–Kier alpha value is -2.75. The summed E-state index contributed by atoms with van der Waals surface area (Å²) in [6, 6.07) is 14.7. The Bertz CT molecular complexity index is 873. The number of imidazole rings is 1. The Morgan fingerprint density at radius 1 is 1.00 bits per heavy atom. The molecule has 2 aromatic carbocycles. The fourth-order valence-electron chi connectivity index (χ4n) is 3.37. The molecule has 1 heterocycles. The molecule has 29 heavy (non-hydrogen) atoms. The van der Waals surface area contributed by atoms with Gasteiger partial charge in [0, 0.05) is 12.4 Å². The van der Waals surface area contributed by atoms with Crippen LogP contribution in [-0.4, -0.2) is 21.3 Å². The molecule has 0 aliphatic rings. The molecular formula is C25H32N2O2. The van der Waals surface area contributed by atoms with Gasteiger partial charge in [-0.1, -0.05) is 30.3 Å². The molecular weight excluding hydrogens is 360 g/mol. The highest BCUT2D eigenvalue weighted by atomic mass is 16.5. The number of aryl methyl sites for hydroxylation is 3. The van der Waals surface area contributed by atoms with Crippen LogP contribution < -0.4 is 9.47 Å². The van der Waals surface area contributed by atoms with Crippen LogP contribution in [0, 0.1) is 13.8 Å². The van der Waals surface area contributed by atoms with Crippen LogP contribution in [0.1, 0.15) is 43.9 Å². The third-order valence-electron chi connectivity index (χ3n) is 4.77. The van der Waals surface area contributed by atoms with Gasteiger partial charge in [0.2, 0.25) is 0 Å². The van der Waals surface area contributed by atoms with Gasteiger partial charge in [-0.25, -0.2) is 4.98 Å². The molecule has 1 atom stereocenters. The molecule has 1 unspecified atom stereocenters. The molecule has 0 aliphatic heterocycles. The highest BCUT2D eigenvalue weighted by Gasteiger charge is 2.15. The standard InChI is InChI=1S/C25H32N2O2/c1-19-7-6-8-20(2)24(19)28-23(17-27-16-15-26-18-27)14-11-21-9-12-22(13-10-21)29-25(3,4)5/h6-10,12-13,15-16,18,23H,11,14,17H2,1-5H3. The van der Waals surface area contributed by atoms with Gasteiger partial charge in [0.1, 0.15) is 23.2 Å². The molecule has 4 nitrogen and oxygen atoms in total. The third kappa shape index (κ3) is 6.38. The molecule has 0 N–H and O–H groups in total. The average Bonchev–Trinajstić information content (AvgIpc) is 3.15. The van der Waals surface area contributed by atoms with E-state index in [0.29, 0.717) is 0 Å². The number of aromatic nitrogens is 2. The van der Waals surface area contributed by atoms with E-state index < -0.39 is 0 Å². The molecule has 3 aromatic rings. The number of nitrogens with zero attached hydrogens (tertiary/aromatic N) is 2. The zero-order chi connectivity index (χ0) is 20.9. The topological polar surface area (TPSA) is 36.3 Å². The molecule has 0 amide bonds. The number of benzene rings is 2. The quantitative estimate of drug-likeness (QED) is 0.489. The van der Waals surface area contributed by atoms with E-state index in [4.69, 9.17) is 9.47 Å². The van der Waals surface area contributed by atoms with Crippen LogP contribution in [-0.2, 0) is 13.0 Å². The molecule has 0 aliphatic carbocycles. The van der Waals surface area contributed by atoms with Crippen molar-refractivity contribution in [2.45, 2.75) is 65.7 Å². The zero-order valence-corrected chi connectivity index (χ0v) is 18.2. The van der Waals surface area contributed by atoms with Crippen LogP contribution in [0.3, 0.4) is 0 Å². The number of rotatable bonds is 8. The summed E-state index contributed by atoms with van der Waals surface area (Å²) in [5.74, 6) is 1.90. The lowest BCUT2D eigenvalue weighted by Crippen LogP contribution is -2.24. The monoisotopic (exact) mass is 392 g/mol. The van der Waals surface area contributed by atoms with Gasteiger partial charge in [0.15, 0.2) is 0 Å². The number of hydrogen-bond donors (Lipinski definition) is 0. The van der Waals surface area contributed by atoms with Crippen molar-refractivity contribution in [1.29, 1.82) is 0 Å². The lowest BCUT2D eigenvalue weighted by molar-refractivity contribution is 0.131. The summed E-state index contributed by atoms with van der Waals surface area (Å²) in [5.41, 5.74) is 3.44. The average molecular weight is 393 g/mol. The van der Waals surface area contributed by atoms with Gasteiger partial charge in [0.05, 0.1) is 12.9 Å². The normalized spacial score (nSPS) is 12.6. The Labute approximate surface area is 174 Å². The van der Waals surface area contributed by atoms with Gasteiger partial charge in [-0.05, 0) is 76.3 Å². The van der Waals surface area contributed by atoms with Crippen molar-refractivity contribution in [2.75, 3.05) is 0 Å². The van der Waals surface area contributed by atoms with E-state index in [9.17, 15) is 0 Å². The number of hydrogen-bond acceptors (Lipinski definition) is 3. The minimum atomic E-state index is -0.184. The molecule has 3 rings (SSSR count). The Morgan fingerprint density at radius 2 is 1.69 bits per heavy atom. The van der Waals surface area contributed by atoms with Crippen LogP contribution >= 0.6 is 0 Å². The molecule has 0 saturated carbocycles. The SMILES string of the molecule is Cc1cccc(C)c1OC(CCc1ccc(OC(C)(C)C)cc1)Cn1ccnc1. The lowest BCUT2D eigenvalue weighted by atomic mass is 10.1.